The van der Waals surface area contributed by atoms with Gasteiger partial charge in [-0.05, 0) is 50.6 Å². The Labute approximate surface area is 147 Å². The summed E-state index contributed by atoms with van der Waals surface area (Å²) in [6.07, 6.45) is 2.22. The molecule has 0 aliphatic carbocycles. The van der Waals surface area contributed by atoms with Crippen molar-refractivity contribution in [3.8, 4) is 17.0 Å². The Kier molecular flexibility index (Phi) is 5.38. The first-order valence-corrected chi connectivity index (χ1v) is 8.65. The Morgan fingerprint density at radius 1 is 1.36 bits per heavy atom. The standard InChI is InChI=1S/C19H24N2O4/c1-3-24-18(22)19(9-4-10-20-13-19)12-16-11-17(21-25-16)14-5-7-15(23-2)8-6-14/h5-8,11,20H,3-4,9-10,12-13H2,1-2H3. The third-order valence-corrected chi connectivity index (χ3v) is 4.64. The second-order valence-corrected chi connectivity index (χ2v) is 6.36. The molecule has 1 aliphatic heterocycles. The van der Waals surface area contributed by atoms with E-state index in [9.17, 15) is 4.79 Å². The average Bonchev–Trinajstić information content (AvgIpc) is 3.11. The molecule has 1 atom stereocenters. The molecule has 0 saturated carbocycles. The number of carbonyl (C=O) groups excluding carboxylic acids is 1. The van der Waals surface area contributed by atoms with E-state index in [4.69, 9.17) is 14.0 Å². The second-order valence-electron chi connectivity index (χ2n) is 6.36. The molecule has 0 spiro atoms. The second kappa shape index (κ2) is 7.70. The van der Waals surface area contributed by atoms with Gasteiger partial charge in [0.1, 0.15) is 17.2 Å². The highest BCUT2D eigenvalue weighted by Gasteiger charge is 2.42. The van der Waals surface area contributed by atoms with Gasteiger partial charge in [-0.15, -0.1) is 0 Å². The summed E-state index contributed by atoms with van der Waals surface area (Å²) >= 11 is 0. The molecule has 25 heavy (non-hydrogen) atoms. The maximum Gasteiger partial charge on any atom is 0.313 e. The maximum absolute atomic E-state index is 12.5. The normalized spacial score (nSPS) is 20.2. The molecule has 1 aliphatic rings. The molecule has 0 amide bonds. The molecule has 1 unspecified atom stereocenters. The van der Waals surface area contributed by atoms with Gasteiger partial charge in [0.15, 0.2) is 0 Å². The van der Waals surface area contributed by atoms with Gasteiger partial charge in [0.2, 0.25) is 0 Å². The van der Waals surface area contributed by atoms with Crippen molar-refractivity contribution in [1.29, 1.82) is 0 Å². The van der Waals surface area contributed by atoms with Crippen LogP contribution in [-0.4, -0.2) is 37.9 Å². The Morgan fingerprint density at radius 2 is 2.16 bits per heavy atom. The fourth-order valence-corrected chi connectivity index (χ4v) is 3.28. The fraction of sp³-hybridized carbons (Fsp3) is 0.474. The Hall–Kier alpha value is -2.34. The summed E-state index contributed by atoms with van der Waals surface area (Å²) in [5, 5.41) is 7.47. The van der Waals surface area contributed by atoms with Gasteiger partial charge in [-0.1, -0.05) is 5.16 Å². The van der Waals surface area contributed by atoms with Crippen molar-refractivity contribution in [2.24, 2.45) is 5.41 Å². The predicted octanol–water partition coefficient (Wildman–Crippen LogP) is 2.83. The number of hydrogen-bond acceptors (Lipinski definition) is 6. The topological polar surface area (TPSA) is 73.6 Å². The van der Waals surface area contributed by atoms with E-state index < -0.39 is 5.41 Å². The Morgan fingerprint density at radius 3 is 2.80 bits per heavy atom. The van der Waals surface area contributed by atoms with Gasteiger partial charge in [0, 0.05) is 24.6 Å². The number of aromatic nitrogens is 1. The number of hydrogen-bond donors (Lipinski definition) is 1. The first kappa shape index (κ1) is 17.5. The van der Waals surface area contributed by atoms with Crippen LogP contribution < -0.4 is 10.1 Å². The Bertz CT molecular complexity index is 702. The number of nitrogens with one attached hydrogen (secondary N) is 1. The molecule has 1 aromatic carbocycles. The number of rotatable bonds is 6. The summed E-state index contributed by atoms with van der Waals surface area (Å²) in [6.45, 7) is 3.74. The van der Waals surface area contributed by atoms with E-state index in [1.54, 1.807) is 7.11 Å². The molecular weight excluding hydrogens is 320 g/mol. The molecule has 1 aromatic heterocycles. The van der Waals surface area contributed by atoms with Gasteiger partial charge < -0.3 is 19.3 Å². The number of ether oxygens (including phenoxy) is 2. The molecular formula is C19H24N2O4. The highest BCUT2D eigenvalue weighted by Crippen LogP contribution is 2.33. The van der Waals surface area contributed by atoms with Gasteiger partial charge in [-0.2, -0.15) is 0 Å². The molecule has 3 rings (SSSR count). The number of piperidine rings is 1. The van der Waals surface area contributed by atoms with Crippen LogP contribution in [0.15, 0.2) is 34.9 Å². The number of esters is 1. The lowest BCUT2D eigenvalue weighted by Crippen LogP contribution is -2.47. The zero-order valence-corrected chi connectivity index (χ0v) is 14.7. The number of methoxy groups -OCH3 is 1. The van der Waals surface area contributed by atoms with Crippen molar-refractivity contribution in [2.45, 2.75) is 26.2 Å². The van der Waals surface area contributed by atoms with Crippen molar-refractivity contribution in [3.63, 3.8) is 0 Å². The predicted molar refractivity (Wildman–Crippen MR) is 93.4 cm³/mol. The van der Waals surface area contributed by atoms with Crippen LogP contribution in [0.25, 0.3) is 11.3 Å². The monoisotopic (exact) mass is 344 g/mol. The Balaban J connectivity index is 1.79. The van der Waals surface area contributed by atoms with Crippen molar-refractivity contribution in [3.05, 3.63) is 36.1 Å². The van der Waals surface area contributed by atoms with Crippen molar-refractivity contribution >= 4 is 5.97 Å². The molecule has 1 fully saturated rings. The molecule has 1 saturated heterocycles. The van der Waals surface area contributed by atoms with Crippen LogP contribution in [0.3, 0.4) is 0 Å². The van der Waals surface area contributed by atoms with Crippen LogP contribution in [0.4, 0.5) is 0 Å². The largest absolute Gasteiger partial charge is 0.497 e. The SMILES string of the molecule is CCOC(=O)C1(Cc2cc(-c3ccc(OC)cc3)no2)CCCNC1. The van der Waals surface area contributed by atoms with E-state index >= 15 is 0 Å². The van der Waals surface area contributed by atoms with Crippen molar-refractivity contribution < 1.29 is 18.8 Å². The minimum Gasteiger partial charge on any atom is -0.497 e. The molecule has 2 heterocycles. The van der Waals surface area contributed by atoms with E-state index in [2.05, 4.69) is 10.5 Å². The third-order valence-electron chi connectivity index (χ3n) is 4.64. The number of benzene rings is 1. The molecule has 0 radical (unpaired) electrons. The van der Waals surface area contributed by atoms with E-state index in [0.717, 1.165) is 36.4 Å². The lowest BCUT2D eigenvalue weighted by Gasteiger charge is -2.34. The van der Waals surface area contributed by atoms with E-state index in [1.807, 2.05) is 37.3 Å². The van der Waals surface area contributed by atoms with Crippen LogP contribution in [0, 0.1) is 5.41 Å². The van der Waals surface area contributed by atoms with Crippen molar-refractivity contribution in [1.82, 2.24) is 10.5 Å². The highest BCUT2D eigenvalue weighted by atomic mass is 16.5. The molecule has 0 bridgehead atoms. The van der Waals surface area contributed by atoms with Gasteiger partial charge in [-0.3, -0.25) is 4.79 Å². The first-order chi connectivity index (χ1) is 12.2. The zero-order chi connectivity index (χ0) is 17.7. The van der Waals surface area contributed by atoms with Gasteiger partial charge in [0.25, 0.3) is 0 Å². The van der Waals surface area contributed by atoms with Crippen LogP contribution >= 0.6 is 0 Å². The van der Waals surface area contributed by atoms with E-state index in [1.165, 1.54) is 0 Å². The van der Waals surface area contributed by atoms with Crippen LogP contribution in [-0.2, 0) is 16.0 Å². The van der Waals surface area contributed by atoms with Gasteiger partial charge in [-0.25, -0.2) is 0 Å². The lowest BCUT2D eigenvalue weighted by molar-refractivity contribution is -0.156. The van der Waals surface area contributed by atoms with E-state index in [0.29, 0.717) is 25.3 Å². The number of carbonyl (C=O) groups is 1. The highest BCUT2D eigenvalue weighted by molar-refractivity contribution is 5.77. The summed E-state index contributed by atoms with van der Waals surface area (Å²) in [5.74, 6) is 1.33. The molecule has 2 aromatic rings. The quantitative estimate of drug-likeness (QED) is 0.812. The van der Waals surface area contributed by atoms with Gasteiger partial charge >= 0.3 is 5.97 Å². The average molecular weight is 344 g/mol. The minimum atomic E-state index is -0.578. The summed E-state index contributed by atoms with van der Waals surface area (Å²) in [5.41, 5.74) is 1.12. The molecule has 134 valence electrons. The van der Waals surface area contributed by atoms with Gasteiger partial charge in [0.05, 0.1) is 19.1 Å². The van der Waals surface area contributed by atoms with Crippen LogP contribution in [0.5, 0.6) is 5.75 Å². The molecule has 1 N–H and O–H groups in total. The zero-order valence-electron chi connectivity index (χ0n) is 14.7. The lowest BCUT2D eigenvalue weighted by atomic mass is 9.77. The minimum absolute atomic E-state index is 0.162. The smallest absolute Gasteiger partial charge is 0.313 e. The summed E-state index contributed by atoms with van der Waals surface area (Å²) < 4.78 is 16.0. The third kappa shape index (κ3) is 3.85. The summed E-state index contributed by atoms with van der Waals surface area (Å²) in [4.78, 5) is 12.5. The summed E-state index contributed by atoms with van der Waals surface area (Å²) in [7, 11) is 1.64. The first-order valence-electron chi connectivity index (χ1n) is 8.65. The fourth-order valence-electron chi connectivity index (χ4n) is 3.28. The van der Waals surface area contributed by atoms with Crippen LogP contribution in [0.1, 0.15) is 25.5 Å². The summed E-state index contributed by atoms with van der Waals surface area (Å²) in [6, 6.07) is 9.54. The maximum atomic E-state index is 12.5. The molecule has 6 heteroatoms. The van der Waals surface area contributed by atoms with E-state index in [-0.39, 0.29) is 5.97 Å². The van der Waals surface area contributed by atoms with Crippen LogP contribution in [0.2, 0.25) is 0 Å². The van der Waals surface area contributed by atoms with Crippen molar-refractivity contribution in [2.75, 3.05) is 26.8 Å². The molecule has 6 nitrogen and oxygen atoms in total. The number of nitrogens with zero attached hydrogens (tertiary/aromatic N) is 1.